The first kappa shape index (κ1) is 47.6. The molecule has 2 aromatic rings. The van der Waals surface area contributed by atoms with Crippen molar-refractivity contribution in [1.29, 1.82) is 0 Å². The average molecular weight is 877 g/mol. The van der Waals surface area contributed by atoms with Gasteiger partial charge < -0.3 is 43.8 Å². The summed E-state index contributed by atoms with van der Waals surface area (Å²) in [5, 5.41) is 45.6. The molecule has 0 bridgehead atoms. The number of fused-ring (bicyclic) bond motifs is 2. The van der Waals surface area contributed by atoms with Gasteiger partial charge in [-0.05, 0) is 85.4 Å². The number of nitro benzene ring substituents is 1. The molecule has 16 heteroatoms. The van der Waals surface area contributed by atoms with Crippen LogP contribution in [-0.2, 0) is 25.7 Å². The van der Waals surface area contributed by atoms with Crippen LogP contribution in [0.4, 0.5) is 10.5 Å². The molecule has 2 aliphatic heterocycles. The van der Waals surface area contributed by atoms with E-state index in [-0.39, 0.29) is 89.3 Å². The lowest BCUT2D eigenvalue weighted by molar-refractivity contribution is -0.384. The zero-order valence-electron chi connectivity index (χ0n) is 36.2. The van der Waals surface area contributed by atoms with E-state index in [0.29, 0.717) is 48.6 Å². The van der Waals surface area contributed by atoms with E-state index in [1.165, 1.54) is 12.1 Å². The van der Waals surface area contributed by atoms with Crippen molar-refractivity contribution in [2.24, 2.45) is 22.9 Å². The normalized spacial score (nSPS) is 24.0. The summed E-state index contributed by atoms with van der Waals surface area (Å²) in [6, 6.07) is 11.1. The van der Waals surface area contributed by atoms with Gasteiger partial charge in [0.2, 0.25) is 5.79 Å². The summed E-state index contributed by atoms with van der Waals surface area (Å²) in [4.78, 5) is 35.3. The molecule has 2 aromatic carbocycles. The third-order valence-electron chi connectivity index (χ3n) is 12.3. The van der Waals surface area contributed by atoms with Crippen LogP contribution in [0, 0.1) is 27.9 Å². The molecule has 0 spiro atoms. The van der Waals surface area contributed by atoms with Crippen molar-refractivity contribution >= 4 is 17.5 Å². The highest BCUT2D eigenvalue weighted by Gasteiger charge is 2.65. The average Bonchev–Trinajstić information content (AvgIpc) is 4.12. The van der Waals surface area contributed by atoms with E-state index in [1.807, 2.05) is 12.1 Å². The quantitative estimate of drug-likeness (QED) is 0.0290. The van der Waals surface area contributed by atoms with Gasteiger partial charge in [0.1, 0.15) is 30.8 Å². The fourth-order valence-electron chi connectivity index (χ4n) is 9.24. The van der Waals surface area contributed by atoms with Gasteiger partial charge in [0.25, 0.3) is 5.69 Å². The molecule has 1 saturated carbocycles. The second-order valence-corrected chi connectivity index (χ2v) is 16.4. The fraction of sp³-hybridized carbons (Fsp3) is 0.574. The Hall–Kier alpha value is -4.84. The van der Waals surface area contributed by atoms with E-state index < -0.39 is 28.8 Å². The zero-order chi connectivity index (χ0) is 44.6. The van der Waals surface area contributed by atoms with Crippen molar-refractivity contribution in [1.82, 2.24) is 9.80 Å². The fourth-order valence-corrected chi connectivity index (χ4v) is 9.24. The summed E-state index contributed by atoms with van der Waals surface area (Å²) in [5.41, 5.74) is 3.01. The van der Waals surface area contributed by atoms with Crippen LogP contribution < -0.4 is 9.47 Å². The Kier molecular flexibility index (Phi) is 17.9. The van der Waals surface area contributed by atoms with Gasteiger partial charge in [-0.25, -0.2) is 4.79 Å². The lowest BCUT2D eigenvalue weighted by Crippen LogP contribution is -2.70. The number of non-ortho nitro benzene ring substituents is 1. The van der Waals surface area contributed by atoms with Crippen molar-refractivity contribution in [3.63, 3.8) is 0 Å². The number of amides is 1. The first-order chi connectivity index (χ1) is 30.8. The largest absolute Gasteiger partial charge is 0.492 e. The SMILES string of the molecule is C=CCCOC(=O)N(CCOCCO)C1CC(=NOCc2ccc([N+](=O)[O-])cc2)C2=CC(CCCCO)C(CCCCO)C3c4cc(OCCN5CC5)ccc4OC1(OCC=C)C23. The summed E-state index contributed by atoms with van der Waals surface area (Å²) in [7, 11) is 0. The Labute approximate surface area is 369 Å². The summed E-state index contributed by atoms with van der Waals surface area (Å²) >= 11 is 0. The number of hydrogen-bond donors (Lipinski definition) is 3. The molecular formula is C47H64N4O12. The van der Waals surface area contributed by atoms with Gasteiger partial charge in [-0.15, -0.1) is 13.2 Å². The minimum atomic E-state index is -1.52. The van der Waals surface area contributed by atoms with Crippen LogP contribution in [0.15, 0.2) is 84.6 Å². The number of aliphatic hydroxyl groups is 3. The number of carbonyl (C=O) groups excluding carboxylic acids is 1. The van der Waals surface area contributed by atoms with E-state index in [4.69, 9.17) is 33.7 Å². The van der Waals surface area contributed by atoms with Crippen LogP contribution in [0.5, 0.6) is 11.5 Å². The Morgan fingerprint density at radius 1 is 0.984 bits per heavy atom. The molecule has 6 atom stereocenters. The monoisotopic (exact) mass is 876 g/mol. The second-order valence-electron chi connectivity index (χ2n) is 16.4. The Balaban J connectivity index is 1.53. The number of ether oxygens (including phenoxy) is 5. The highest BCUT2D eigenvalue weighted by molar-refractivity contribution is 6.03. The van der Waals surface area contributed by atoms with Crippen LogP contribution in [0.1, 0.15) is 68.4 Å². The maximum absolute atomic E-state index is 14.4. The van der Waals surface area contributed by atoms with E-state index >= 15 is 0 Å². The molecule has 344 valence electrons. The predicted octanol–water partition coefficient (Wildman–Crippen LogP) is 6.15. The number of hydrogen-bond acceptors (Lipinski definition) is 14. The standard InChI is InChI=1S/C47H64N4O12/c1-3-5-26-60-46(55)50(21-27-58-29-24-54)43-32-41(48-62-33-34-12-14-36(15-13-34)51(56)57)39-30-35(10-6-8-22-52)38(11-7-9-23-53)44-40-31-37(59-28-20-49-18-19-49)16-17-42(40)63-47(43,45(39)44)61-25-4-2/h3-4,12-17,30-31,35,38,43-45,52-54H,1-2,5-11,18-29,32-33H2. The lowest BCUT2D eigenvalue weighted by atomic mass is 9.55. The van der Waals surface area contributed by atoms with Crippen molar-refractivity contribution in [3.05, 3.63) is 101 Å². The summed E-state index contributed by atoms with van der Waals surface area (Å²) in [6.45, 7) is 11.6. The molecule has 4 aliphatic rings. The minimum Gasteiger partial charge on any atom is -0.492 e. The Morgan fingerprint density at radius 3 is 2.46 bits per heavy atom. The van der Waals surface area contributed by atoms with Crippen LogP contribution >= 0.6 is 0 Å². The second kappa shape index (κ2) is 23.7. The van der Waals surface area contributed by atoms with Crippen LogP contribution in [-0.4, -0.2) is 133 Å². The van der Waals surface area contributed by atoms with E-state index in [1.54, 1.807) is 29.2 Å². The molecule has 6 unspecified atom stereocenters. The molecule has 2 fully saturated rings. The molecule has 1 saturated heterocycles. The summed E-state index contributed by atoms with van der Waals surface area (Å²) in [5.74, 6) is -1.01. The molecule has 1 amide bonds. The van der Waals surface area contributed by atoms with Gasteiger partial charge in [0, 0.05) is 69.4 Å². The molecule has 2 heterocycles. The van der Waals surface area contributed by atoms with Gasteiger partial charge in [-0.3, -0.25) is 19.9 Å². The molecule has 0 radical (unpaired) electrons. The van der Waals surface area contributed by atoms with E-state index in [9.17, 15) is 30.2 Å². The zero-order valence-corrected chi connectivity index (χ0v) is 36.2. The number of nitro groups is 1. The van der Waals surface area contributed by atoms with Gasteiger partial charge in [-0.2, -0.15) is 0 Å². The summed E-state index contributed by atoms with van der Waals surface area (Å²) < 4.78 is 32.3. The van der Waals surface area contributed by atoms with E-state index in [2.05, 4.69) is 30.2 Å². The molecule has 16 nitrogen and oxygen atoms in total. The predicted molar refractivity (Wildman–Crippen MR) is 236 cm³/mol. The molecule has 0 aromatic heterocycles. The lowest BCUT2D eigenvalue weighted by Gasteiger charge is -2.59. The number of unbranched alkanes of at least 4 members (excludes halogenated alkanes) is 2. The van der Waals surface area contributed by atoms with Gasteiger partial charge in [0.05, 0.1) is 49.6 Å². The molecular weight excluding hydrogens is 813 g/mol. The number of allylic oxidation sites excluding steroid dienone is 1. The topological polar surface area (TPSA) is 195 Å². The smallest absolute Gasteiger partial charge is 0.410 e. The first-order valence-electron chi connectivity index (χ1n) is 22.3. The van der Waals surface area contributed by atoms with Crippen LogP contribution in [0.2, 0.25) is 0 Å². The van der Waals surface area contributed by atoms with Gasteiger partial charge in [0.15, 0.2) is 0 Å². The van der Waals surface area contributed by atoms with Crippen molar-refractivity contribution in [2.75, 3.05) is 79.0 Å². The van der Waals surface area contributed by atoms with Crippen molar-refractivity contribution in [3.8, 4) is 11.5 Å². The van der Waals surface area contributed by atoms with Gasteiger partial charge >= 0.3 is 6.09 Å². The molecule has 6 rings (SSSR count). The maximum Gasteiger partial charge on any atom is 0.410 e. The van der Waals surface area contributed by atoms with Gasteiger partial charge in [-0.1, -0.05) is 36.2 Å². The molecule has 3 N–H and O–H groups in total. The summed E-state index contributed by atoms with van der Waals surface area (Å²) in [6.07, 6.45) is 9.88. The van der Waals surface area contributed by atoms with Crippen LogP contribution in [0.3, 0.4) is 0 Å². The maximum atomic E-state index is 14.4. The number of aliphatic hydroxyl groups excluding tert-OH is 3. The van der Waals surface area contributed by atoms with E-state index in [0.717, 1.165) is 56.5 Å². The molecule has 2 aliphatic carbocycles. The van der Waals surface area contributed by atoms with Crippen LogP contribution in [0.25, 0.3) is 0 Å². The van der Waals surface area contributed by atoms with Crippen molar-refractivity contribution in [2.45, 2.75) is 75.7 Å². The number of rotatable bonds is 28. The highest BCUT2D eigenvalue weighted by atomic mass is 16.7. The van der Waals surface area contributed by atoms with Crippen molar-refractivity contribution < 1.29 is 53.6 Å². The first-order valence-corrected chi connectivity index (χ1v) is 22.3. The highest BCUT2D eigenvalue weighted by Crippen LogP contribution is 2.62. The minimum absolute atomic E-state index is 0.00748. The number of carbonyl (C=O) groups is 1. The Morgan fingerprint density at radius 2 is 1.76 bits per heavy atom. The number of oxime groups is 1. The number of nitrogens with zero attached hydrogens (tertiary/aromatic N) is 4. The third-order valence-corrected chi connectivity index (χ3v) is 12.3. The Bertz CT molecular complexity index is 1890. The number of benzene rings is 2. The molecule has 63 heavy (non-hydrogen) atoms. The third kappa shape index (κ3) is 12.0.